The number of hydrogen-bond donors (Lipinski definition) is 0. The molecule has 3 aliphatic rings. The predicted octanol–water partition coefficient (Wildman–Crippen LogP) is -2.41. The highest BCUT2D eigenvalue weighted by Gasteiger charge is 2.47. The standard InChI is InChI=1S/C10H15NO4/c12-8(13)5-10(9(14)15)6-11-3-1-7(10)2-4-11/h7H,1-6H2,(H,12,13)(H,14,15)/p-2. The minimum atomic E-state index is -1.30. The van der Waals surface area contributed by atoms with Crippen LogP contribution in [0.5, 0.6) is 0 Å². The molecule has 1 atom stereocenters. The zero-order valence-electron chi connectivity index (χ0n) is 8.40. The van der Waals surface area contributed by atoms with Crippen LogP contribution in [0.4, 0.5) is 0 Å². The molecule has 0 saturated carbocycles. The van der Waals surface area contributed by atoms with Crippen LogP contribution < -0.4 is 10.2 Å². The average molecular weight is 211 g/mol. The van der Waals surface area contributed by atoms with Gasteiger partial charge in [-0.15, -0.1) is 0 Å². The van der Waals surface area contributed by atoms with Crippen molar-refractivity contribution in [3.63, 3.8) is 0 Å². The summed E-state index contributed by atoms with van der Waals surface area (Å²) in [5.41, 5.74) is -1.21. The molecule has 15 heavy (non-hydrogen) atoms. The van der Waals surface area contributed by atoms with E-state index in [1.54, 1.807) is 0 Å². The van der Waals surface area contributed by atoms with Crippen molar-refractivity contribution in [3.8, 4) is 0 Å². The van der Waals surface area contributed by atoms with Gasteiger partial charge in [-0.1, -0.05) is 0 Å². The van der Waals surface area contributed by atoms with Crippen molar-refractivity contribution in [1.82, 2.24) is 4.90 Å². The van der Waals surface area contributed by atoms with Crippen LogP contribution in [0.2, 0.25) is 0 Å². The molecule has 0 aromatic carbocycles. The molecule has 5 heteroatoms. The number of carbonyl (C=O) groups is 2. The monoisotopic (exact) mass is 211 g/mol. The summed E-state index contributed by atoms with van der Waals surface area (Å²) in [4.78, 5) is 23.8. The third kappa shape index (κ3) is 1.61. The summed E-state index contributed by atoms with van der Waals surface area (Å²) in [6.45, 7) is 2.04. The predicted molar refractivity (Wildman–Crippen MR) is 46.2 cm³/mol. The highest BCUT2D eigenvalue weighted by Crippen LogP contribution is 2.44. The Morgan fingerprint density at radius 1 is 1.27 bits per heavy atom. The molecule has 0 amide bonds. The second-order valence-corrected chi connectivity index (χ2v) is 4.54. The second kappa shape index (κ2) is 3.48. The summed E-state index contributed by atoms with van der Waals surface area (Å²) in [7, 11) is 0. The van der Waals surface area contributed by atoms with Crippen LogP contribution in [0, 0.1) is 11.3 Å². The topological polar surface area (TPSA) is 83.5 Å². The van der Waals surface area contributed by atoms with Crippen molar-refractivity contribution in [1.29, 1.82) is 0 Å². The zero-order valence-corrected chi connectivity index (χ0v) is 8.40. The summed E-state index contributed by atoms with van der Waals surface area (Å²) in [6, 6.07) is 0. The fraction of sp³-hybridized carbons (Fsp3) is 0.800. The number of aliphatic carboxylic acids is 2. The average Bonchev–Trinajstić information content (AvgIpc) is 2.18. The first-order chi connectivity index (χ1) is 7.04. The van der Waals surface area contributed by atoms with Crippen LogP contribution in [0.1, 0.15) is 19.3 Å². The largest absolute Gasteiger partial charge is 0.550 e. The number of carboxylic acids is 2. The lowest BCUT2D eigenvalue weighted by Gasteiger charge is -2.54. The van der Waals surface area contributed by atoms with Gasteiger partial charge in [0.2, 0.25) is 0 Å². The maximum atomic E-state index is 11.2. The van der Waals surface area contributed by atoms with E-state index in [-0.39, 0.29) is 5.92 Å². The molecule has 84 valence electrons. The maximum absolute atomic E-state index is 11.2. The highest BCUT2D eigenvalue weighted by molar-refractivity contribution is 5.80. The molecule has 3 rings (SSSR count). The van der Waals surface area contributed by atoms with Crippen LogP contribution in [-0.2, 0) is 9.59 Å². The van der Waals surface area contributed by atoms with Gasteiger partial charge in [0.1, 0.15) is 0 Å². The smallest absolute Gasteiger partial charge is 0.0495 e. The zero-order chi connectivity index (χ0) is 11.1. The van der Waals surface area contributed by atoms with Crippen LogP contribution in [0.15, 0.2) is 0 Å². The van der Waals surface area contributed by atoms with Crippen molar-refractivity contribution < 1.29 is 19.8 Å². The summed E-state index contributed by atoms with van der Waals surface area (Å²) in [6.07, 6.45) is 1.08. The number of fused-ring (bicyclic) bond motifs is 3. The molecule has 2 bridgehead atoms. The molecule has 0 N–H and O–H groups in total. The van der Waals surface area contributed by atoms with Gasteiger partial charge in [-0.05, 0) is 38.3 Å². The van der Waals surface area contributed by atoms with Gasteiger partial charge in [0.05, 0.1) is 0 Å². The van der Waals surface area contributed by atoms with E-state index in [1.165, 1.54) is 0 Å². The summed E-state index contributed by atoms with van der Waals surface area (Å²) >= 11 is 0. The number of hydrogen-bond acceptors (Lipinski definition) is 5. The third-order valence-electron chi connectivity index (χ3n) is 3.74. The van der Waals surface area contributed by atoms with Gasteiger partial charge in [-0.25, -0.2) is 0 Å². The van der Waals surface area contributed by atoms with E-state index < -0.39 is 23.8 Å². The summed E-state index contributed by atoms with van der Waals surface area (Å²) in [5, 5.41) is 21.8. The van der Waals surface area contributed by atoms with E-state index in [1.807, 2.05) is 4.90 Å². The normalized spacial score (nSPS) is 38.9. The molecule has 3 heterocycles. The second-order valence-electron chi connectivity index (χ2n) is 4.54. The van der Waals surface area contributed by atoms with Gasteiger partial charge in [-0.2, -0.15) is 0 Å². The number of rotatable bonds is 3. The molecule has 0 aromatic heterocycles. The Labute approximate surface area is 87.7 Å². The van der Waals surface area contributed by atoms with Crippen LogP contribution in [-0.4, -0.2) is 36.5 Å². The van der Waals surface area contributed by atoms with Gasteiger partial charge in [0, 0.05) is 23.9 Å². The van der Waals surface area contributed by atoms with Crippen molar-refractivity contribution in [2.24, 2.45) is 11.3 Å². The third-order valence-corrected chi connectivity index (χ3v) is 3.74. The Morgan fingerprint density at radius 3 is 2.20 bits per heavy atom. The number of piperidine rings is 3. The fourth-order valence-corrected chi connectivity index (χ4v) is 2.93. The van der Waals surface area contributed by atoms with Crippen LogP contribution in [0.3, 0.4) is 0 Å². The fourth-order valence-electron chi connectivity index (χ4n) is 2.93. The van der Waals surface area contributed by atoms with E-state index >= 15 is 0 Å². The molecule has 0 aromatic rings. The molecular weight excluding hydrogens is 198 g/mol. The molecule has 0 aliphatic carbocycles. The van der Waals surface area contributed by atoms with E-state index in [0.29, 0.717) is 6.54 Å². The molecule has 0 spiro atoms. The van der Waals surface area contributed by atoms with Crippen molar-refractivity contribution >= 4 is 11.9 Å². The van der Waals surface area contributed by atoms with Gasteiger partial charge < -0.3 is 24.7 Å². The summed E-state index contributed by atoms with van der Waals surface area (Å²) in [5.74, 6) is -2.60. The van der Waals surface area contributed by atoms with Crippen LogP contribution in [0.25, 0.3) is 0 Å². The molecule has 3 saturated heterocycles. The van der Waals surface area contributed by atoms with Crippen molar-refractivity contribution in [3.05, 3.63) is 0 Å². The lowest BCUT2D eigenvalue weighted by molar-refractivity contribution is -0.335. The summed E-state index contributed by atoms with van der Waals surface area (Å²) < 4.78 is 0. The lowest BCUT2D eigenvalue weighted by atomic mass is 9.65. The Morgan fingerprint density at radius 2 is 1.87 bits per heavy atom. The Kier molecular flexibility index (Phi) is 2.42. The Hall–Kier alpha value is -1.10. The van der Waals surface area contributed by atoms with Gasteiger partial charge in [0.15, 0.2) is 0 Å². The SMILES string of the molecule is O=C([O-])CC1(C(=O)[O-])CN2CCC1CC2. The first-order valence-corrected chi connectivity index (χ1v) is 5.18. The van der Waals surface area contributed by atoms with Crippen molar-refractivity contribution in [2.45, 2.75) is 19.3 Å². The lowest BCUT2D eigenvalue weighted by Crippen LogP contribution is -2.62. The Bertz CT molecular complexity index is 296. The van der Waals surface area contributed by atoms with Gasteiger partial charge in [-0.3, -0.25) is 0 Å². The maximum Gasteiger partial charge on any atom is 0.0495 e. The number of nitrogens with zero attached hydrogens (tertiary/aromatic N) is 1. The van der Waals surface area contributed by atoms with Crippen LogP contribution >= 0.6 is 0 Å². The number of carboxylic acid groups (broad SMARTS) is 2. The minimum absolute atomic E-state index is 0.0644. The Balaban J connectivity index is 2.26. The van der Waals surface area contributed by atoms with Gasteiger partial charge in [0.25, 0.3) is 0 Å². The van der Waals surface area contributed by atoms with Crippen molar-refractivity contribution in [2.75, 3.05) is 19.6 Å². The minimum Gasteiger partial charge on any atom is -0.550 e. The molecule has 5 nitrogen and oxygen atoms in total. The molecular formula is C10H13NO4-2. The first kappa shape index (κ1) is 10.4. The van der Waals surface area contributed by atoms with E-state index in [9.17, 15) is 19.8 Å². The van der Waals surface area contributed by atoms with E-state index in [4.69, 9.17) is 0 Å². The number of carbonyl (C=O) groups excluding carboxylic acids is 2. The van der Waals surface area contributed by atoms with Gasteiger partial charge >= 0.3 is 0 Å². The highest BCUT2D eigenvalue weighted by atomic mass is 16.4. The first-order valence-electron chi connectivity index (χ1n) is 5.18. The molecule has 3 aliphatic heterocycles. The molecule has 3 fully saturated rings. The molecule has 0 radical (unpaired) electrons. The van der Waals surface area contributed by atoms with E-state index in [2.05, 4.69) is 0 Å². The van der Waals surface area contributed by atoms with E-state index in [0.717, 1.165) is 25.9 Å². The molecule has 1 unspecified atom stereocenters. The quantitative estimate of drug-likeness (QED) is 0.519.